The van der Waals surface area contributed by atoms with Crippen molar-refractivity contribution >= 4 is 5.91 Å². The fourth-order valence-electron chi connectivity index (χ4n) is 7.21. The van der Waals surface area contributed by atoms with Gasteiger partial charge < -0.3 is 40.3 Å². The van der Waals surface area contributed by atoms with Crippen LogP contribution in [0.2, 0.25) is 0 Å². The predicted octanol–water partition coefficient (Wildman–Crippen LogP) is 8.95. The lowest BCUT2D eigenvalue weighted by atomic mass is 9.99. The summed E-state index contributed by atoms with van der Waals surface area (Å²) >= 11 is 0. The van der Waals surface area contributed by atoms with E-state index in [1.54, 1.807) is 0 Å². The molecule has 1 rings (SSSR count). The first kappa shape index (κ1) is 49.9. The largest absolute Gasteiger partial charge is 0.394 e. The van der Waals surface area contributed by atoms with Gasteiger partial charge in [0.25, 0.3) is 0 Å². The fraction of sp³-hybridized carbons (Fsp3) is 0.932. The predicted molar refractivity (Wildman–Crippen MR) is 217 cm³/mol. The summed E-state index contributed by atoms with van der Waals surface area (Å²) < 4.78 is 11.2. The molecule has 0 aromatic rings. The molecule has 1 aliphatic heterocycles. The van der Waals surface area contributed by atoms with Crippen LogP contribution in [0.5, 0.6) is 0 Å². The van der Waals surface area contributed by atoms with E-state index >= 15 is 0 Å². The van der Waals surface area contributed by atoms with Crippen molar-refractivity contribution in [2.75, 3.05) is 13.2 Å². The summed E-state index contributed by atoms with van der Waals surface area (Å²) in [4.78, 5) is 12.9. The van der Waals surface area contributed by atoms with Crippen LogP contribution in [-0.4, -0.2) is 87.5 Å². The van der Waals surface area contributed by atoms with Crippen LogP contribution in [0.1, 0.15) is 206 Å². The van der Waals surface area contributed by atoms with Crippen LogP contribution < -0.4 is 5.32 Å². The highest BCUT2D eigenvalue weighted by Gasteiger charge is 2.44. The first-order chi connectivity index (χ1) is 25.8. The Labute approximate surface area is 325 Å². The number of hydrogen-bond donors (Lipinski definition) is 6. The third kappa shape index (κ3) is 26.4. The molecule has 9 heteroatoms. The maximum atomic E-state index is 12.9. The van der Waals surface area contributed by atoms with Crippen molar-refractivity contribution in [3.8, 4) is 0 Å². The van der Waals surface area contributed by atoms with E-state index in [0.717, 1.165) is 38.5 Å². The van der Waals surface area contributed by atoms with Gasteiger partial charge in [-0.05, 0) is 38.5 Å². The average Bonchev–Trinajstić information content (AvgIpc) is 3.16. The number of carbonyl (C=O) groups excluding carboxylic acids is 1. The Kier molecular flexibility index (Phi) is 33.3. The zero-order chi connectivity index (χ0) is 38.8. The number of unbranched alkanes of at least 4 members (excludes halogenated alkanes) is 25. The van der Waals surface area contributed by atoms with Crippen LogP contribution in [0.15, 0.2) is 12.2 Å². The minimum Gasteiger partial charge on any atom is -0.394 e. The van der Waals surface area contributed by atoms with Crippen molar-refractivity contribution in [3.63, 3.8) is 0 Å². The summed E-state index contributed by atoms with van der Waals surface area (Å²) in [6, 6.07) is -0.716. The second-order valence-corrected chi connectivity index (χ2v) is 15.8. The molecule has 7 unspecified atom stereocenters. The minimum absolute atomic E-state index is 0.137. The standard InChI is InChI=1S/C44H85NO8/c1-3-5-7-9-11-13-15-17-18-19-20-21-22-24-26-28-30-32-34-40(48)45-37(36-52-44-43(51)42(50)41(49)39(35-46)53-44)38(47)33-31-29-27-25-23-16-14-12-10-8-6-4-2/h18-19,37-39,41-44,46-47,49-51H,3-17,20-36H2,1-2H3,(H,45,48)/b19-18-. The van der Waals surface area contributed by atoms with Crippen LogP contribution in [0.25, 0.3) is 0 Å². The van der Waals surface area contributed by atoms with Gasteiger partial charge in [0.2, 0.25) is 5.91 Å². The molecule has 0 aliphatic carbocycles. The van der Waals surface area contributed by atoms with Crippen LogP contribution >= 0.6 is 0 Å². The number of aliphatic hydroxyl groups excluding tert-OH is 5. The lowest BCUT2D eigenvalue weighted by Gasteiger charge is -2.40. The van der Waals surface area contributed by atoms with Gasteiger partial charge in [-0.2, -0.15) is 0 Å². The number of carbonyl (C=O) groups is 1. The molecule has 0 bridgehead atoms. The first-order valence-electron chi connectivity index (χ1n) is 22.4. The summed E-state index contributed by atoms with van der Waals surface area (Å²) in [5, 5.41) is 54.2. The maximum absolute atomic E-state index is 12.9. The SMILES string of the molecule is CCCCCCCCC/C=C\CCCCCCCCCC(=O)NC(COC1OC(CO)C(O)C(O)C1O)C(O)CCCCCCCCCCCCCC. The van der Waals surface area contributed by atoms with E-state index < -0.39 is 49.5 Å². The second kappa shape index (κ2) is 35.4. The molecule has 53 heavy (non-hydrogen) atoms. The van der Waals surface area contributed by atoms with E-state index in [1.807, 2.05) is 0 Å². The molecule has 0 radical (unpaired) electrons. The molecule has 1 aliphatic rings. The Morgan fingerprint density at radius 2 is 1.06 bits per heavy atom. The van der Waals surface area contributed by atoms with Crippen LogP contribution in [0.4, 0.5) is 0 Å². The summed E-state index contributed by atoms with van der Waals surface area (Å²) in [7, 11) is 0. The fourth-order valence-corrected chi connectivity index (χ4v) is 7.21. The van der Waals surface area contributed by atoms with Crippen LogP contribution in [0.3, 0.4) is 0 Å². The van der Waals surface area contributed by atoms with Crippen molar-refractivity contribution in [2.24, 2.45) is 0 Å². The second-order valence-electron chi connectivity index (χ2n) is 15.8. The summed E-state index contributed by atoms with van der Waals surface area (Å²) in [5.41, 5.74) is 0. The Morgan fingerprint density at radius 3 is 1.53 bits per heavy atom. The third-order valence-corrected chi connectivity index (χ3v) is 10.9. The van der Waals surface area contributed by atoms with Gasteiger partial charge in [-0.25, -0.2) is 0 Å². The molecule has 9 nitrogen and oxygen atoms in total. The Bertz CT molecular complexity index is 842. The van der Waals surface area contributed by atoms with Crippen molar-refractivity contribution in [1.82, 2.24) is 5.32 Å². The molecule has 6 N–H and O–H groups in total. The normalized spacial score (nSPS) is 21.7. The summed E-state index contributed by atoms with van der Waals surface area (Å²) in [5.74, 6) is -0.149. The quantitative estimate of drug-likeness (QED) is 0.0272. The topological polar surface area (TPSA) is 149 Å². The molecule has 0 aromatic heterocycles. The first-order valence-corrected chi connectivity index (χ1v) is 22.4. The number of nitrogens with one attached hydrogen (secondary N) is 1. The highest BCUT2D eigenvalue weighted by molar-refractivity contribution is 5.76. The van der Waals surface area contributed by atoms with E-state index in [1.165, 1.54) is 141 Å². The number of amides is 1. The van der Waals surface area contributed by atoms with Gasteiger partial charge in [0.05, 0.1) is 25.4 Å². The maximum Gasteiger partial charge on any atom is 0.220 e. The van der Waals surface area contributed by atoms with Crippen molar-refractivity contribution < 1.29 is 39.8 Å². The van der Waals surface area contributed by atoms with Crippen molar-refractivity contribution in [1.29, 1.82) is 0 Å². The molecule has 1 fully saturated rings. The minimum atomic E-state index is -1.55. The Morgan fingerprint density at radius 1 is 0.623 bits per heavy atom. The van der Waals surface area contributed by atoms with Crippen LogP contribution in [-0.2, 0) is 14.3 Å². The van der Waals surface area contributed by atoms with Gasteiger partial charge in [-0.3, -0.25) is 4.79 Å². The number of rotatable bonds is 37. The smallest absolute Gasteiger partial charge is 0.220 e. The number of ether oxygens (including phenoxy) is 2. The van der Waals surface area contributed by atoms with Gasteiger partial charge in [0.1, 0.15) is 24.4 Å². The van der Waals surface area contributed by atoms with E-state index in [2.05, 4.69) is 31.3 Å². The molecule has 1 amide bonds. The average molecular weight is 756 g/mol. The molecule has 1 saturated heterocycles. The zero-order valence-electron chi connectivity index (χ0n) is 34.3. The van der Waals surface area contributed by atoms with Crippen molar-refractivity contribution in [3.05, 3.63) is 12.2 Å². The molecule has 0 spiro atoms. The van der Waals surface area contributed by atoms with E-state index in [0.29, 0.717) is 12.8 Å². The highest BCUT2D eigenvalue weighted by Crippen LogP contribution is 2.23. The molecule has 0 aromatic carbocycles. The molecule has 314 valence electrons. The van der Waals surface area contributed by atoms with Gasteiger partial charge in [0.15, 0.2) is 6.29 Å². The zero-order valence-corrected chi connectivity index (χ0v) is 34.3. The Hall–Kier alpha value is -1.07. The van der Waals surface area contributed by atoms with Crippen LogP contribution in [0, 0.1) is 0 Å². The molecule has 1 heterocycles. The lowest BCUT2D eigenvalue weighted by Crippen LogP contribution is -2.60. The summed E-state index contributed by atoms with van der Waals surface area (Å²) in [6.45, 7) is 3.82. The molecular weight excluding hydrogens is 670 g/mol. The number of allylic oxidation sites excluding steroid dienone is 2. The van der Waals surface area contributed by atoms with Gasteiger partial charge in [-0.15, -0.1) is 0 Å². The summed E-state index contributed by atoms with van der Waals surface area (Å²) in [6.07, 6.45) is 32.1. The monoisotopic (exact) mass is 756 g/mol. The highest BCUT2D eigenvalue weighted by atomic mass is 16.7. The number of aliphatic hydroxyl groups is 5. The van der Waals surface area contributed by atoms with E-state index in [-0.39, 0.29) is 12.5 Å². The van der Waals surface area contributed by atoms with Gasteiger partial charge in [-0.1, -0.05) is 174 Å². The number of hydrogen-bond acceptors (Lipinski definition) is 8. The lowest BCUT2D eigenvalue weighted by molar-refractivity contribution is -0.302. The Balaban J connectivity index is 2.33. The molecule has 0 saturated carbocycles. The molecule has 7 atom stereocenters. The van der Waals surface area contributed by atoms with Gasteiger partial charge in [0, 0.05) is 6.42 Å². The third-order valence-electron chi connectivity index (χ3n) is 10.9. The van der Waals surface area contributed by atoms with E-state index in [4.69, 9.17) is 9.47 Å². The van der Waals surface area contributed by atoms with E-state index in [9.17, 15) is 30.3 Å². The van der Waals surface area contributed by atoms with Crippen molar-refractivity contribution in [2.45, 2.75) is 249 Å². The van der Waals surface area contributed by atoms with Gasteiger partial charge >= 0.3 is 0 Å². The molecular formula is C44H85NO8.